The van der Waals surface area contributed by atoms with Crippen molar-refractivity contribution >= 4 is 11.3 Å². The van der Waals surface area contributed by atoms with Crippen LogP contribution in [0.4, 0.5) is 5.69 Å². The molecule has 2 aromatic carbocycles. The summed E-state index contributed by atoms with van der Waals surface area (Å²) >= 11 is 0. The number of rotatable bonds is 3. The summed E-state index contributed by atoms with van der Waals surface area (Å²) in [6.07, 6.45) is 10.1. The maximum atomic E-state index is 9.57. The van der Waals surface area contributed by atoms with Crippen molar-refractivity contribution in [1.29, 1.82) is 5.26 Å². The molecule has 3 nitrogen and oxygen atoms in total. The predicted molar refractivity (Wildman–Crippen MR) is 111 cm³/mol. The third-order valence-corrected chi connectivity index (χ3v) is 5.30. The monoisotopic (exact) mass is 353 g/mol. The molecule has 0 aromatic heterocycles. The van der Waals surface area contributed by atoms with Crippen molar-refractivity contribution in [3.63, 3.8) is 0 Å². The van der Waals surface area contributed by atoms with E-state index in [2.05, 4.69) is 77.7 Å². The molecule has 0 spiro atoms. The van der Waals surface area contributed by atoms with Gasteiger partial charge in [-0.05, 0) is 48.4 Å². The highest BCUT2D eigenvalue weighted by Gasteiger charge is 2.24. The Morgan fingerprint density at radius 2 is 1.78 bits per heavy atom. The van der Waals surface area contributed by atoms with Gasteiger partial charge in [0.15, 0.2) is 0 Å². The van der Waals surface area contributed by atoms with Crippen LogP contribution in [0.5, 0.6) is 0 Å². The molecule has 4 rings (SSSR count). The molecular weight excluding hydrogens is 330 g/mol. The largest absolute Gasteiger partial charge is 0.343 e. The molecule has 3 heteroatoms. The molecule has 0 fully saturated rings. The molecule has 27 heavy (non-hydrogen) atoms. The van der Waals surface area contributed by atoms with Crippen LogP contribution in [0.25, 0.3) is 5.57 Å². The van der Waals surface area contributed by atoms with Crippen molar-refractivity contribution in [1.82, 2.24) is 4.90 Å². The first-order valence-corrected chi connectivity index (χ1v) is 9.35. The molecule has 0 amide bonds. The summed E-state index contributed by atoms with van der Waals surface area (Å²) in [6.45, 7) is 1.73. The number of nitrogens with zero attached hydrogens (tertiary/aromatic N) is 3. The Kier molecular flexibility index (Phi) is 4.91. The van der Waals surface area contributed by atoms with Gasteiger partial charge in [-0.3, -0.25) is 4.90 Å². The SMILES string of the molecule is CN1CC=CCC1C1=CN(c2ccccc2)CC(c2ccccc2C#N)=C1. The van der Waals surface area contributed by atoms with Crippen LogP contribution in [-0.2, 0) is 0 Å². The number of likely N-dealkylation sites (N-methyl/N-ethyl adjacent to an activating group) is 1. The van der Waals surface area contributed by atoms with Gasteiger partial charge in [0, 0.05) is 31.0 Å². The van der Waals surface area contributed by atoms with Crippen LogP contribution in [0.1, 0.15) is 17.5 Å². The summed E-state index contributed by atoms with van der Waals surface area (Å²) < 4.78 is 0. The zero-order valence-electron chi connectivity index (χ0n) is 15.5. The van der Waals surface area contributed by atoms with E-state index in [0.717, 1.165) is 30.6 Å². The molecular formula is C24H23N3. The van der Waals surface area contributed by atoms with Crippen molar-refractivity contribution in [3.05, 3.63) is 95.7 Å². The summed E-state index contributed by atoms with van der Waals surface area (Å²) in [5.74, 6) is 0. The molecule has 0 aliphatic carbocycles. The minimum atomic E-state index is 0.353. The number of benzene rings is 2. The van der Waals surface area contributed by atoms with Gasteiger partial charge in [0.1, 0.15) is 0 Å². The van der Waals surface area contributed by atoms with Gasteiger partial charge in [-0.2, -0.15) is 5.26 Å². The van der Waals surface area contributed by atoms with Gasteiger partial charge in [0.25, 0.3) is 0 Å². The van der Waals surface area contributed by atoms with E-state index >= 15 is 0 Å². The fraction of sp³-hybridized carbons (Fsp3) is 0.208. The number of para-hydroxylation sites is 1. The molecule has 2 aliphatic rings. The smallest absolute Gasteiger partial charge is 0.0998 e. The molecule has 2 heterocycles. The van der Waals surface area contributed by atoms with Gasteiger partial charge in [-0.15, -0.1) is 0 Å². The van der Waals surface area contributed by atoms with Crippen LogP contribution < -0.4 is 4.90 Å². The zero-order valence-corrected chi connectivity index (χ0v) is 15.5. The lowest BCUT2D eigenvalue weighted by atomic mass is 9.91. The van der Waals surface area contributed by atoms with Crippen molar-refractivity contribution in [2.24, 2.45) is 0 Å². The van der Waals surface area contributed by atoms with E-state index in [1.165, 1.54) is 16.8 Å². The standard InChI is InChI=1S/C24H23N3/c1-26-14-8-7-13-24(26)21-15-20(23-12-6-5-9-19(23)16-25)17-27(18-21)22-10-3-2-4-11-22/h2-12,15,18,24H,13-14,17H2,1H3. The van der Waals surface area contributed by atoms with Crippen LogP contribution in [0.3, 0.4) is 0 Å². The van der Waals surface area contributed by atoms with Gasteiger partial charge < -0.3 is 4.90 Å². The van der Waals surface area contributed by atoms with E-state index < -0.39 is 0 Å². The van der Waals surface area contributed by atoms with Crippen molar-refractivity contribution in [3.8, 4) is 6.07 Å². The Bertz CT molecular complexity index is 947. The average Bonchev–Trinajstić information content (AvgIpc) is 2.74. The number of hydrogen-bond acceptors (Lipinski definition) is 3. The summed E-state index contributed by atoms with van der Waals surface area (Å²) in [5, 5.41) is 9.57. The second kappa shape index (κ2) is 7.65. The normalized spacial score (nSPS) is 20.0. The van der Waals surface area contributed by atoms with Gasteiger partial charge >= 0.3 is 0 Å². The van der Waals surface area contributed by atoms with E-state index in [1.54, 1.807) is 0 Å². The molecule has 134 valence electrons. The first kappa shape index (κ1) is 17.3. The molecule has 0 saturated heterocycles. The fourth-order valence-electron chi connectivity index (χ4n) is 3.85. The predicted octanol–water partition coefficient (Wildman–Crippen LogP) is 4.61. The summed E-state index contributed by atoms with van der Waals surface area (Å²) in [5.41, 5.74) is 5.41. The molecule has 0 saturated carbocycles. The Balaban J connectivity index is 1.78. The second-order valence-corrected chi connectivity index (χ2v) is 7.08. The molecule has 0 bridgehead atoms. The summed E-state index contributed by atoms with van der Waals surface area (Å²) in [4.78, 5) is 4.68. The fourth-order valence-corrected chi connectivity index (χ4v) is 3.85. The summed E-state index contributed by atoms with van der Waals surface area (Å²) in [6, 6.07) is 21.0. The highest BCUT2D eigenvalue weighted by atomic mass is 15.2. The summed E-state index contributed by atoms with van der Waals surface area (Å²) in [7, 11) is 2.17. The third kappa shape index (κ3) is 3.58. The molecule has 1 atom stereocenters. The highest BCUT2D eigenvalue weighted by Crippen LogP contribution is 2.32. The van der Waals surface area contributed by atoms with E-state index in [4.69, 9.17) is 0 Å². The van der Waals surface area contributed by atoms with Crippen LogP contribution in [-0.4, -0.2) is 31.1 Å². The van der Waals surface area contributed by atoms with Crippen molar-refractivity contribution < 1.29 is 0 Å². The lowest BCUT2D eigenvalue weighted by Crippen LogP contribution is -2.37. The Morgan fingerprint density at radius 3 is 2.56 bits per heavy atom. The van der Waals surface area contributed by atoms with Gasteiger partial charge in [-0.25, -0.2) is 0 Å². The van der Waals surface area contributed by atoms with Crippen molar-refractivity contribution in [2.75, 3.05) is 25.0 Å². The second-order valence-electron chi connectivity index (χ2n) is 7.08. The lowest BCUT2D eigenvalue weighted by molar-refractivity contribution is 0.292. The first-order valence-electron chi connectivity index (χ1n) is 9.35. The van der Waals surface area contributed by atoms with E-state index in [1.807, 2.05) is 24.3 Å². The maximum Gasteiger partial charge on any atom is 0.0998 e. The van der Waals surface area contributed by atoms with E-state index in [9.17, 15) is 5.26 Å². The van der Waals surface area contributed by atoms with Gasteiger partial charge in [0.2, 0.25) is 0 Å². The number of anilines is 1. The number of hydrogen-bond donors (Lipinski definition) is 0. The Labute approximate surface area is 161 Å². The van der Waals surface area contributed by atoms with Crippen LogP contribution >= 0.6 is 0 Å². The average molecular weight is 353 g/mol. The van der Waals surface area contributed by atoms with Crippen LogP contribution in [0.15, 0.2) is 84.6 Å². The zero-order chi connectivity index (χ0) is 18.6. The molecule has 2 aliphatic heterocycles. The van der Waals surface area contributed by atoms with E-state index in [-0.39, 0.29) is 0 Å². The first-order chi connectivity index (χ1) is 13.3. The minimum absolute atomic E-state index is 0.353. The van der Waals surface area contributed by atoms with E-state index in [0.29, 0.717) is 6.04 Å². The Morgan fingerprint density at radius 1 is 1.00 bits per heavy atom. The molecule has 0 radical (unpaired) electrons. The third-order valence-electron chi connectivity index (χ3n) is 5.30. The molecule has 0 N–H and O–H groups in total. The number of nitriles is 1. The topological polar surface area (TPSA) is 30.3 Å². The lowest BCUT2D eigenvalue weighted by Gasteiger charge is -2.35. The van der Waals surface area contributed by atoms with Gasteiger partial charge in [-0.1, -0.05) is 54.6 Å². The maximum absolute atomic E-state index is 9.57. The quantitative estimate of drug-likeness (QED) is 0.755. The molecule has 2 aromatic rings. The van der Waals surface area contributed by atoms with Gasteiger partial charge in [0.05, 0.1) is 11.6 Å². The minimum Gasteiger partial charge on any atom is -0.343 e. The van der Waals surface area contributed by atoms with Crippen LogP contribution in [0, 0.1) is 11.3 Å². The molecule has 1 unspecified atom stereocenters. The Hall–Kier alpha value is -3.09. The highest BCUT2D eigenvalue weighted by molar-refractivity contribution is 5.79. The van der Waals surface area contributed by atoms with Crippen molar-refractivity contribution in [2.45, 2.75) is 12.5 Å². The van der Waals surface area contributed by atoms with Crippen LogP contribution in [0.2, 0.25) is 0 Å².